The molecule has 3 aromatic rings. The van der Waals surface area contributed by atoms with Crippen molar-refractivity contribution in [3.05, 3.63) is 83.4 Å². The smallest absolute Gasteiger partial charge is 0.264 e. The predicted octanol–water partition coefficient (Wildman–Crippen LogP) is 5.64. The van der Waals surface area contributed by atoms with Gasteiger partial charge in [0.2, 0.25) is 5.91 Å². The maximum Gasteiger partial charge on any atom is 0.264 e. The van der Waals surface area contributed by atoms with Gasteiger partial charge in [-0.1, -0.05) is 35.4 Å². The number of hydrogen-bond acceptors (Lipinski definition) is 5. The van der Waals surface area contributed by atoms with Gasteiger partial charge in [0, 0.05) is 16.9 Å². The maximum atomic E-state index is 13.7. The van der Waals surface area contributed by atoms with Crippen LogP contribution in [0.3, 0.4) is 0 Å². The lowest BCUT2D eigenvalue weighted by molar-refractivity contribution is -0.120. The van der Waals surface area contributed by atoms with Crippen molar-refractivity contribution in [3.63, 3.8) is 0 Å². The molecule has 6 nitrogen and oxygen atoms in total. The molecule has 0 saturated carbocycles. The van der Waals surface area contributed by atoms with Gasteiger partial charge in [-0.15, -0.1) is 11.8 Å². The Kier molecular flexibility index (Phi) is 7.38. The number of nitrogens with zero attached hydrogens (tertiary/aromatic N) is 1. The molecule has 1 atom stereocenters. The fourth-order valence-corrected chi connectivity index (χ4v) is 6.20. The van der Waals surface area contributed by atoms with Gasteiger partial charge >= 0.3 is 0 Å². The number of benzene rings is 3. The third kappa shape index (κ3) is 5.71. The van der Waals surface area contributed by atoms with Crippen molar-refractivity contribution in [3.8, 4) is 5.75 Å². The van der Waals surface area contributed by atoms with Crippen LogP contribution in [0.1, 0.15) is 43.0 Å². The molecule has 1 aliphatic rings. The Balaban J connectivity index is 1.65. The Hall–Kier alpha value is -2.97. The highest BCUT2D eigenvalue weighted by molar-refractivity contribution is 7.98. The number of amides is 1. The molecule has 0 saturated heterocycles. The molecule has 0 bridgehead atoms. The molecule has 0 spiro atoms. The number of hydrogen-bond donors (Lipinski definition) is 1. The van der Waals surface area contributed by atoms with Crippen molar-refractivity contribution in [2.45, 2.75) is 55.5 Å². The Bertz CT molecular complexity index is 1350. The van der Waals surface area contributed by atoms with E-state index in [2.05, 4.69) is 5.32 Å². The number of anilines is 1. The standard InChI is InChI=1S/C28H32N2O4S2/c1-19-6-9-21(10-7-19)30(36(32,33)23-13-11-22(35-5)12-14-23)18-27(31)29-25-17-28(3,4)34-26-15-8-20(2)16-24(25)26/h6-16,25H,17-18H2,1-5H3,(H,29,31). The number of nitrogens with one attached hydrogen (secondary N) is 1. The third-order valence-electron chi connectivity index (χ3n) is 6.21. The maximum absolute atomic E-state index is 13.7. The van der Waals surface area contributed by atoms with E-state index in [-0.39, 0.29) is 23.4 Å². The topological polar surface area (TPSA) is 75.7 Å². The van der Waals surface area contributed by atoms with Crippen LogP contribution < -0.4 is 14.4 Å². The molecule has 190 valence electrons. The highest BCUT2D eigenvalue weighted by Gasteiger charge is 2.35. The Morgan fingerprint density at radius 1 is 1.03 bits per heavy atom. The highest BCUT2D eigenvalue weighted by Crippen LogP contribution is 2.40. The van der Waals surface area contributed by atoms with Crippen LogP contribution in [-0.4, -0.2) is 32.7 Å². The molecule has 0 aliphatic carbocycles. The van der Waals surface area contributed by atoms with Gasteiger partial charge in [-0.2, -0.15) is 0 Å². The van der Waals surface area contributed by atoms with Crippen molar-refractivity contribution in [2.75, 3.05) is 17.1 Å². The number of aryl methyl sites for hydroxylation is 2. The second kappa shape index (κ2) is 10.2. The van der Waals surface area contributed by atoms with Gasteiger partial charge in [-0.3, -0.25) is 9.10 Å². The van der Waals surface area contributed by atoms with Crippen LogP contribution in [0, 0.1) is 13.8 Å². The molecule has 1 aliphatic heterocycles. The second-order valence-corrected chi connectivity index (χ2v) is 12.5. The lowest BCUT2D eigenvalue weighted by Crippen LogP contribution is -2.45. The molecular weight excluding hydrogens is 492 g/mol. The fourth-order valence-electron chi connectivity index (χ4n) is 4.37. The van der Waals surface area contributed by atoms with E-state index in [0.29, 0.717) is 12.1 Å². The highest BCUT2D eigenvalue weighted by atomic mass is 32.2. The predicted molar refractivity (Wildman–Crippen MR) is 145 cm³/mol. The van der Waals surface area contributed by atoms with Crippen LogP contribution in [0.4, 0.5) is 5.69 Å². The van der Waals surface area contributed by atoms with Crippen molar-refractivity contribution in [1.29, 1.82) is 0 Å². The molecule has 1 heterocycles. The average Bonchev–Trinajstić information content (AvgIpc) is 2.83. The summed E-state index contributed by atoms with van der Waals surface area (Å²) in [7, 11) is -3.98. The molecule has 0 fully saturated rings. The molecule has 0 aromatic heterocycles. The van der Waals surface area contributed by atoms with Crippen molar-refractivity contribution in [1.82, 2.24) is 5.32 Å². The van der Waals surface area contributed by atoms with Gasteiger partial charge in [-0.05, 0) is 76.4 Å². The fraction of sp³-hybridized carbons (Fsp3) is 0.321. The largest absolute Gasteiger partial charge is 0.487 e. The molecule has 1 unspecified atom stereocenters. The van der Waals surface area contributed by atoms with E-state index in [1.807, 2.05) is 64.3 Å². The molecule has 8 heteroatoms. The number of thioether (sulfide) groups is 1. The zero-order chi connectivity index (χ0) is 26.1. The Morgan fingerprint density at radius 3 is 2.31 bits per heavy atom. The molecule has 0 radical (unpaired) electrons. The van der Waals surface area contributed by atoms with E-state index in [1.54, 1.807) is 36.4 Å². The molecular formula is C28H32N2O4S2. The van der Waals surface area contributed by atoms with Crippen molar-refractivity contribution in [2.24, 2.45) is 0 Å². The van der Waals surface area contributed by atoms with Crippen molar-refractivity contribution >= 4 is 33.4 Å². The first-order chi connectivity index (χ1) is 17.0. The van der Waals surface area contributed by atoms with E-state index in [0.717, 1.165) is 27.3 Å². The van der Waals surface area contributed by atoms with E-state index in [9.17, 15) is 13.2 Å². The summed E-state index contributed by atoms with van der Waals surface area (Å²) in [5, 5.41) is 3.08. The van der Waals surface area contributed by atoms with Gasteiger partial charge < -0.3 is 10.1 Å². The summed E-state index contributed by atoms with van der Waals surface area (Å²) < 4.78 is 34.7. The summed E-state index contributed by atoms with van der Waals surface area (Å²) in [5.41, 5.74) is 2.94. The van der Waals surface area contributed by atoms with E-state index < -0.39 is 15.6 Å². The number of ether oxygens (including phenoxy) is 1. The van der Waals surface area contributed by atoms with E-state index >= 15 is 0 Å². The summed E-state index contributed by atoms with van der Waals surface area (Å²) in [5.74, 6) is 0.356. The molecule has 36 heavy (non-hydrogen) atoms. The van der Waals surface area contributed by atoms with Gasteiger partial charge in [0.05, 0.1) is 16.6 Å². The SMILES string of the molecule is CSc1ccc(S(=O)(=O)N(CC(=O)NC2CC(C)(C)Oc3ccc(C)cc32)c2ccc(C)cc2)cc1. The quantitative estimate of drug-likeness (QED) is 0.405. The average molecular weight is 525 g/mol. The molecule has 1 N–H and O–H groups in total. The van der Waals surface area contributed by atoms with Crippen molar-refractivity contribution < 1.29 is 17.9 Å². The first-order valence-corrected chi connectivity index (χ1v) is 14.5. The Labute approximate surface area is 218 Å². The monoisotopic (exact) mass is 524 g/mol. The summed E-state index contributed by atoms with van der Waals surface area (Å²) >= 11 is 1.54. The van der Waals surface area contributed by atoms with Crippen LogP contribution in [-0.2, 0) is 14.8 Å². The van der Waals surface area contributed by atoms with Crippen LogP contribution in [0.2, 0.25) is 0 Å². The van der Waals surface area contributed by atoms with Crippen LogP contribution in [0.5, 0.6) is 5.75 Å². The summed E-state index contributed by atoms with van der Waals surface area (Å²) in [4.78, 5) is 14.5. The van der Waals surface area contributed by atoms with Gasteiger partial charge in [-0.25, -0.2) is 8.42 Å². The molecule has 1 amide bonds. The van der Waals surface area contributed by atoms with Crippen LogP contribution >= 0.6 is 11.8 Å². The Morgan fingerprint density at radius 2 is 1.67 bits per heavy atom. The lowest BCUT2D eigenvalue weighted by atomic mass is 9.89. The minimum absolute atomic E-state index is 0.141. The zero-order valence-electron chi connectivity index (χ0n) is 21.2. The number of rotatable bonds is 7. The van der Waals surface area contributed by atoms with E-state index in [4.69, 9.17) is 4.74 Å². The first kappa shape index (κ1) is 26.1. The molecule has 4 rings (SSSR count). The summed E-state index contributed by atoms with van der Waals surface area (Å²) in [6.45, 7) is 7.55. The summed E-state index contributed by atoms with van der Waals surface area (Å²) in [6.07, 6.45) is 2.51. The number of sulfonamides is 1. The van der Waals surface area contributed by atoms with E-state index in [1.165, 1.54) is 16.1 Å². The normalized spacial score (nSPS) is 16.5. The minimum atomic E-state index is -3.98. The lowest BCUT2D eigenvalue weighted by Gasteiger charge is -2.38. The minimum Gasteiger partial charge on any atom is -0.487 e. The number of carbonyl (C=O) groups is 1. The number of carbonyl (C=O) groups excluding carboxylic acids is 1. The number of fused-ring (bicyclic) bond motifs is 1. The van der Waals surface area contributed by atoms with Crippen LogP contribution in [0.15, 0.2) is 76.5 Å². The summed E-state index contributed by atoms with van der Waals surface area (Å²) in [6, 6.07) is 19.5. The van der Waals surface area contributed by atoms with Gasteiger partial charge in [0.15, 0.2) is 0 Å². The van der Waals surface area contributed by atoms with Crippen LogP contribution in [0.25, 0.3) is 0 Å². The van der Waals surface area contributed by atoms with Gasteiger partial charge in [0.25, 0.3) is 10.0 Å². The first-order valence-electron chi connectivity index (χ1n) is 11.8. The zero-order valence-corrected chi connectivity index (χ0v) is 22.9. The third-order valence-corrected chi connectivity index (χ3v) is 8.75. The van der Waals surface area contributed by atoms with Gasteiger partial charge in [0.1, 0.15) is 17.9 Å². The second-order valence-electron chi connectivity index (χ2n) is 9.75. The molecule has 3 aromatic carbocycles.